The summed E-state index contributed by atoms with van der Waals surface area (Å²) in [4.78, 5) is 0. The number of aromatic nitrogens is 2. The molecule has 0 saturated carbocycles. The average molecular weight is 263 g/mol. The van der Waals surface area contributed by atoms with Gasteiger partial charge in [0, 0.05) is 0 Å². The molecule has 0 aliphatic carbocycles. The first-order valence-corrected chi connectivity index (χ1v) is 6.97. The molecular formula is C18H19N2+. The summed E-state index contributed by atoms with van der Waals surface area (Å²) in [5.74, 6) is 1.23. The zero-order chi connectivity index (χ0) is 14.1. The fourth-order valence-electron chi connectivity index (χ4n) is 2.91. The predicted molar refractivity (Wildman–Crippen MR) is 84.3 cm³/mol. The maximum atomic E-state index is 3.94. The Kier molecular flexibility index (Phi) is 3.15. The second-order valence-corrected chi connectivity index (χ2v) is 4.91. The van der Waals surface area contributed by atoms with Gasteiger partial charge in [-0.05, 0) is 30.7 Å². The number of imidazole rings is 1. The largest absolute Gasteiger partial charge is 0.290 e. The Morgan fingerprint density at radius 3 is 2.55 bits per heavy atom. The predicted octanol–water partition coefficient (Wildman–Crippen LogP) is 3.80. The Labute approximate surface area is 119 Å². The van der Waals surface area contributed by atoms with Crippen molar-refractivity contribution in [2.75, 3.05) is 0 Å². The highest BCUT2D eigenvalue weighted by Crippen LogP contribution is 2.26. The third-order valence-electron chi connectivity index (χ3n) is 3.85. The van der Waals surface area contributed by atoms with E-state index in [2.05, 4.69) is 78.2 Å². The number of hydrogen-bond donors (Lipinski definition) is 0. The van der Waals surface area contributed by atoms with Gasteiger partial charge in [0.1, 0.15) is 0 Å². The molecule has 0 atom stereocenters. The summed E-state index contributed by atoms with van der Waals surface area (Å²) < 4.78 is 4.62. The second kappa shape index (κ2) is 4.97. The summed E-state index contributed by atoms with van der Waals surface area (Å²) in [7, 11) is 2.13. The van der Waals surface area contributed by atoms with Gasteiger partial charge >= 0.3 is 0 Å². The third-order valence-corrected chi connectivity index (χ3v) is 3.85. The maximum absolute atomic E-state index is 3.94. The first-order valence-electron chi connectivity index (χ1n) is 6.97. The molecule has 1 aromatic heterocycles. The fraction of sp³-hybridized carbons (Fsp3) is 0.167. The molecular weight excluding hydrogens is 244 g/mol. The Hall–Kier alpha value is -2.35. The highest BCUT2D eigenvalue weighted by Gasteiger charge is 2.23. The topological polar surface area (TPSA) is 8.81 Å². The zero-order valence-corrected chi connectivity index (χ0v) is 12.0. The molecule has 2 aromatic carbocycles. The molecule has 0 aliphatic rings. The molecule has 0 fully saturated rings. The van der Waals surface area contributed by atoms with Crippen LogP contribution in [0.3, 0.4) is 0 Å². The van der Waals surface area contributed by atoms with E-state index < -0.39 is 0 Å². The monoisotopic (exact) mass is 263 g/mol. The van der Waals surface area contributed by atoms with Crippen LogP contribution < -0.4 is 4.57 Å². The minimum atomic E-state index is 0.947. The number of benzene rings is 2. The quantitative estimate of drug-likeness (QED) is 0.636. The Morgan fingerprint density at radius 2 is 1.80 bits per heavy atom. The SMILES string of the molecule is C=Cc1ccccc1-c1n(CC)c2ccccc2[n+]1C. The van der Waals surface area contributed by atoms with E-state index in [1.165, 1.54) is 28.0 Å². The van der Waals surface area contributed by atoms with E-state index in [-0.39, 0.29) is 0 Å². The molecule has 0 bridgehead atoms. The summed E-state index contributed by atoms with van der Waals surface area (Å²) in [6.07, 6.45) is 1.92. The molecule has 20 heavy (non-hydrogen) atoms. The third kappa shape index (κ3) is 1.76. The summed E-state index contributed by atoms with van der Waals surface area (Å²) in [6.45, 7) is 7.07. The molecule has 100 valence electrons. The Balaban J connectivity index is 2.41. The Bertz CT molecular complexity index is 781. The molecule has 2 heteroatoms. The van der Waals surface area contributed by atoms with Crippen molar-refractivity contribution < 1.29 is 4.57 Å². The molecule has 0 N–H and O–H groups in total. The highest BCUT2D eigenvalue weighted by molar-refractivity contribution is 5.78. The van der Waals surface area contributed by atoms with Crippen molar-refractivity contribution >= 4 is 17.1 Å². The number of nitrogens with zero attached hydrogens (tertiary/aromatic N) is 2. The number of aryl methyl sites for hydroxylation is 2. The van der Waals surface area contributed by atoms with Crippen LogP contribution in [0.2, 0.25) is 0 Å². The first-order chi connectivity index (χ1) is 9.77. The summed E-state index contributed by atoms with van der Waals surface area (Å²) in [6, 6.07) is 16.9. The van der Waals surface area contributed by atoms with Gasteiger partial charge in [-0.25, -0.2) is 9.13 Å². The maximum Gasteiger partial charge on any atom is 0.290 e. The van der Waals surface area contributed by atoms with Gasteiger partial charge < -0.3 is 0 Å². The lowest BCUT2D eigenvalue weighted by Crippen LogP contribution is -2.30. The molecule has 1 heterocycles. The lowest BCUT2D eigenvalue weighted by Gasteiger charge is -2.04. The van der Waals surface area contributed by atoms with Crippen LogP contribution in [0, 0.1) is 0 Å². The van der Waals surface area contributed by atoms with Crippen molar-refractivity contribution in [1.29, 1.82) is 0 Å². The molecule has 2 nitrogen and oxygen atoms in total. The number of rotatable bonds is 3. The van der Waals surface area contributed by atoms with Crippen LogP contribution in [-0.4, -0.2) is 4.57 Å². The lowest BCUT2D eigenvalue weighted by molar-refractivity contribution is -0.634. The van der Waals surface area contributed by atoms with E-state index >= 15 is 0 Å². The minimum Gasteiger partial charge on any atom is -0.226 e. The molecule has 0 spiro atoms. The fourth-order valence-corrected chi connectivity index (χ4v) is 2.91. The van der Waals surface area contributed by atoms with Crippen molar-refractivity contribution in [2.24, 2.45) is 7.05 Å². The Morgan fingerprint density at radius 1 is 1.10 bits per heavy atom. The standard InChI is InChI=1S/C18H19N2/c1-4-14-10-6-7-11-15(14)18-19(3)16-12-8-9-13-17(16)20(18)5-2/h4,6-13H,1,5H2,2-3H3/q+1. The number of fused-ring (bicyclic) bond motifs is 1. The number of hydrogen-bond acceptors (Lipinski definition) is 0. The summed E-state index contributed by atoms with van der Waals surface area (Å²) in [5, 5.41) is 0. The van der Waals surface area contributed by atoms with Gasteiger partial charge in [0.25, 0.3) is 5.82 Å². The van der Waals surface area contributed by atoms with Crippen LogP contribution in [0.1, 0.15) is 12.5 Å². The van der Waals surface area contributed by atoms with E-state index in [9.17, 15) is 0 Å². The van der Waals surface area contributed by atoms with Gasteiger partial charge in [0.15, 0.2) is 11.0 Å². The molecule has 0 radical (unpaired) electrons. The summed E-state index contributed by atoms with van der Waals surface area (Å²) in [5.41, 5.74) is 4.92. The van der Waals surface area contributed by atoms with Crippen LogP contribution in [0.4, 0.5) is 0 Å². The molecule has 3 aromatic rings. The van der Waals surface area contributed by atoms with Crippen molar-refractivity contribution in [3.63, 3.8) is 0 Å². The van der Waals surface area contributed by atoms with Gasteiger partial charge in [-0.3, -0.25) is 0 Å². The van der Waals surface area contributed by atoms with Gasteiger partial charge in [-0.2, -0.15) is 0 Å². The first kappa shape index (κ1) is 12.7. The molecule has 0 aliphatic heterocycles. The van der Waals surface area contributed by atoms with Crippen molar-refractivity contribution in [3.05, 3.63) is 60.7 Å². The van der Waals surface area contributed by atoms with Crippen molar-refractivity contribution in [3.8, 4) is 11.4 Å². The van der Waals surface area contributed by atoms with Gasteiger partial charge in [-0.1, -0.05) is 43.0 Å². The normalized spacial score (nSPS) is 10.9. The van der Waals surface area contributed by atoms with E-state index in [1.807, 2.05) is 6.08 Å². The van der Waals surface area contributed by atoms with Crippen molar-refractivity contribution in [2.45, 2.75) is 13.5 Å². The van der Waals surface area contributed by atoms with Crippen LogP contribution in [0.15, 0.2) is 55.1 Å². The van der Waals surface area contributed by atoms with E-state index in [1.54, 1.807) is 0 Å². The van der Waals surface area contributed by atoms with Gasteiger partial charge in [-0.15, -0.1) is 0 Å². The molecule has 0 amide bonds. The van der Waals surface area contributed by atoms with Gasteiger partial charge in [0.05, 0.1) is 19.2 Å². The summed E-state index contributed by atoms with van der Waals surface area (Å²) >= 11 is 0. The van der Waals surface area contributed by atoms with E-state index in [0.29, 0.717) is 0 Å². The molecule has 0 unspecified atom stereocenters. The second-order valence-electron chi connectivity index (χ2n) is 4.91. The van der Waals surface area contributed by atoms with Crippen molar-refractivity contribution in [1.82, 2.24) is 4.57 Å². The van der Waals surface area contributed by atoms with E-state index in [0.717, 1.165) is 6.54 Å². The van der Waals surface area contributed by atoms with Crippen LogP contribution >= 0.6 is 0 Å². The lowest BCUT2D eigenvalue weighted by atomic mass is 10.1. The van der Waals surface area contributed by atoms with Crippen LogP contribution in [0.25, 0.3) is 28.5 Å². The minimum absolute atomic E-state index is 0.947. The van der Waals surface area contributed by atoms with Gasteiger partial charge in [0.2, 0.25) is 0 Å². The van der Waals surface area contributed by atoms with Crippen LogP contribution in [-0.2, 0) is 13.6 Å². The highest BCUT2D eigenvalue weighted by atomic mass is 15.2. The van der Waals surface area contributed by atoms with E-state index in [4.69, 9.17) is 0 Å². The molecule has 3 rings (SSSR count). The zero-order valence-electron chi connectivity index (χ0n) is 12.0. The average Bonchev–Trinajstić information content (AvgIpc) is 2.80. The number of para-hydroxylation sites is 2. The molecule has 0 saturated heterocycles. The smallest absolute Gasteiger partial charge is 0.226 e. The van der Waals surface area contributed by atoms with Crippen LogP contribution in [0.5, 0.6) is 0 Å².